The van der Waals surface area contributed by atoms with Gasteiger partial charge >= 0.3 is 0 Å². The first-order valence-electron chi connectivity index (χ1n) is 8.03. The molecular weight excluding hydrogens is 326 g/mol. The molecule has 6 heteroatoms. The van der Waals surface area contributed by atoms with Crippen LogP contribution < -0.4 is 16.6 Å². The SMILES string of the molecule is NCC(NC(=O)c1ccc(=O)n(Cc2ccccc2Cl)c1)C1CC1. The fraction of sp³-hybridized carbons (Fsp3) is 0.333. The van der Waals surface area contributed by atoms with Gasteiger partial charge in [0, 0.05) is 29.9 Å². The molecule has 1 aromatic heterocycles. The number of hydrogen-bond donors (Lipinski definition) is 2. The van der Waals surface area contributed by atoms with Crippen LogP contribution >= 0.6 is 11.6 Å². The Balaban J connectivity index is 1.79. The molecule has 1 aromatic carbocycles. The Hall–Kier alpha value is -2.11. The summed E-state index contributed by atoms with van der Waals surface area (Å²) in [4.78, 5) is 24.5. The summed E-state index contributed by atoms with van der Waals surface area (Å²) in [6.45, 7) is 0.748. The number of benzene rings is 1. The van der Waals surface area contributed by atoms with Crippen LogP contribution in [0.3, 0.4) is 0 Å². The van der Waals surface area contributed by atoms with E-state index in [0.717, 1.165) is 18.4 Å². The summed E-state index contributed by atoms with van der Waals surface area (Å²) >= 11 is 6.15. The molecule has 3 N–H and O–H groups in total. The quantitative estimate of drug-likeness (QED) is 0.840. The topological polar surface area (TPSA) is 77.1 Å². The number of hydrogen-bond acceptors (Lipinski definition) is 3. The number of nitrogens with one attached hydrogen (secondary N) is 1. The van der Waals surface area contributed by atoms with Gasteiger partial charge in [-0.3, -0.25) is 9.59 Å². The minimum atomic E-state index is -0.203. The molecule has 0 bridgehead atoms. The monoisotopic (exact) mass is 345 g/mol. The maximum atomic E-state index is 12.4. The molecule has 1 atom stereocenters. The van der Waals surface area contributed by atoms with Crippen molar-refractivity contribution in [1.82, 2.24) is 9.88 Å². The smallest absolute Gasteiger partial charge is 0.253 e. The molecule has 2 aromatic rings. The number of pyridine rings is 1. The number of amides is 1. The zero-order chi connectivity index (χ0) is 17.1. The number of halogens is 1. The lowest BCUT2D eigenvalue weighted by molar-refractivity contribution is 0.0932. The zero-order valence-electron chi connectivity index (χ0n) is 13.2. The van der Waals surface area contributed by atoms with Crippen molar-refractivity contribution >= 4 is 17.5 Å². The third-order valence-electron chi connectivity index (χ3n) is 4.31. The van der Waals surface area contributed by atoms with Gasteiger partial charge in [0.15, 0.2) is 0 Å². The van der Waals surface area contributed by atoms with Crippen molar-refractivity contribution in [2.75, 3.05) is 6.54 Å². The summed E-state index contributed by atoms with van der Waals surface area (Å²) in [5.41, 5.74) is 6.83. The Morgan fingerprint density at radius 3 is 2.71 bits per heavy atom. The van der Waals surface area contributed by atoms with E-state index in [4.69, 9.17) is 17.3 Å². The summed E-state index contributed by atoms with van der Waals surface area (Å²) in [6.07, 6.45) is 3.78. The molecular formula is C18H20ClN3O2. The van der Waals surface area contributed by atoms with Crippen molar-refractivity contribution in [1.29, 1.82) is 0 Å². The molecule has 1 aliphatic carbocycles. The van der Waals surface area contributed by atoms with E-state index in [1.807, 2.05) is 18.2 Å². The molecule has 0 saturated heterocycles. The highest BCUT2D eigenvalue weighted by atomic mass is 35.5. The van der Waals surface area contributed by atoms with Gasteiger partial charge in [-0.15, -0.1) is 0 Å². The van der Waals surface area contributed by atoms with Gasteiger partial charge in [0.05, 0.1) is 12.1 Å². The second-order valence-corrected chi connectivity index (χ2v) is 6.54. The second-order valence-electron chi connectivity index (χ2n) is 6.13. The molecule has 1 saturated carbocycles. The minimum Gasteiger partial charge on any atom is -0.348 e. The lowest BCUT2D eigenvalue weighted by atomic mass is 10.1. The van der Waals surface area contributed by atoms with Gasteiger partial charge in [-0.05, 0) is 36.5 Å². The van der Waals surface area contributed by atoms with Crippen molar-refractivity contribution in [3.8, 4) is 0 Å². The van der Waals surface area contributed by atoms with Gasteiger partial charge in [0.2, 0.25) is 0 Å². The van der Waals surface area contributed by atoms with Gasteiger partial charge in [-0.2, -0.15) is 0 Å². The van der Waals surface area contributed by atoms with Gasteiger partial charge in [0.25, 0.3) is 11.5 Å². The highest BCUT2D eigenvalue weighted by molar-refractivity contribution is 6.31. The molecule has 1 heterocycles. The van der Waals surface area contributed by atoms with Crippen LogP contribution in [0.4, 0.5) is 0 Å². The lowest BCUT2D eigenvalue weighted by Gasteiger charge is -2.16. The lowest BCUT2D eigenvalue weighted by Crippen LogP contribution is -2.42. The average molecular weight is 346 g/mol. The number of carbonyl (C=O) groups excluding carboxylic acids is 1. The molecule has 0 aliphatic heterocycles. The van der Waals surface area contributed by atoms with Gasteiger partial charge in [0.1, 0.15) is 0 Å². The van der Waals surface area contributed by atoms with E-state index in [9.17, 15) is 9.59 Å². The van der Waals surface area contributed by atoms with E-state index in [2.05, 4.69) is 5.32 Å². The number of rotatable bonds is 6. The number of carbonyl (C=O) groups is 1. The fourth-order valence-corrected chi connectivity index (χ4v) is 2.91. The fourth-order valence-electron chi connectivity index (χ4n) is 2.72. The summed E-state index contributed by atoms with van der Waals surface area (Å²) in [5.74, 6) is 0.276. The molecule has 5 nitrogen and oxygen atoms in total. The standard InChI is InChI=1S/C18H20ClN3O2/c19-15-4-2-1-3-13(15)10-22-11-14(7-8-17(22)23)18(24)21-16(9-20)12-5-6-12/h1-4,7-8,11-12,16H,5-6,9-10,20H2,(H,21,24). The normalized spacial score (nSPS) is 15.1. The van der Waals surface area contributed by atoms with Crippen LogP contribution in [-0.4, -0.2) is 23.1 Å². The van der Waals surface area contributed by atoms with E-state index < -0.39 is 0 Å². The Bertz CT molecular complexity index is 799. The van der Waals surface area contributed by atoms with Crippen molar-refractivity contribution in [2.24, 2.45) is 11.7 Å². The van der Waals surface area contributed by atoms with Crippen LogP contribution in [0.1, 0.15) is 28.8 Å². The van der Waals surface area contributed by atoms with Crippen molar-refractivity contribution in [2.45, 2.75) is 25.4 Å². The van der Waals surface area contributed by atoms with Crippen molar-refractivity contribution in [3.05, 3.63) is 69.1 Å². The van der Waals surface area contributed by atoms with E-state index in [0.29, 0.717) is 29.6 Å². The maximum Gasteiger partial charge on any atom is 0.253 e. The zero-order valence-corrected chi connectivity index (χ0v) is 14.0. The van der Waals surface area contributed by atoms with Gasteiger partial charge in [-0.25, -0.2) is 0 Å². The third kappa shape index (κ3) is 3.86. The highest BCUT2D eigenvalue weighted by Crippen LogP contribution is 2.32. The van der Waals surface area contributed by atoms with Crippen LogP contribution in [0, 0.1) is 5.92 Å². The van der Waals surface area contributed by atoms with E-state index >= 15 is 0 Å². The van der Waals surface area contributed by atoms with E-state index in [1.165, 1.54) is 10.6 Å². The van der Waals surface area contributed by atoms with Gasteiger partial charge in [-0.1, -0.05) is 29.8 Å². The van der Waals surface area contributed by atoms with Crippen molar-refractivity contribution in [3.63, 3.8) is 0 Å². The highest BCUT2D eigenvalue weighted by Gasteiger charge is 2.31. The van der Waals surface area contributed by atoms with Crippen LogP contribution in [-0.2, 0) is 6.54 Å². The summed E-state index contributed by atoms with van der Waals surface area (Å²) in [7, 11) is 0. The van der Waals surface area contributed by atoms with E-state index in [-0.39, 0.29) is 17.5 Å². The molecule has 126 valence electrons. The van der Waals surface area contributed by atoms with Gasteiger partial charge < -0.3 is 15.6 Å². The molecule has 1 aliphatic rings. The molecule has 1 unspecified atom stereocenters. The summed E-state index contributed by atoms with van der Waals surface area (Å²) in [5, 5.41) is 3.56. The van der Waals surface area contributed by atoms with Crippen LogP contribution in [0.25, 0.3) is 0 Å². The largest absolute Gasteiger partial charge is 0.348 e. The molecule has 24 heavy (non-hydrogen) atoms. The number of nitrogens with two attached hydrogens (primary N) is 1. The first kappa shape index (κ1) is 16.7. The van der Waals surface area contributed by atoms with E-state index in [1.54, 1.807) is 18.3 Å². The first-order valence-corrected chi connectivity index (χ1v) is 8.41. The molecule has 0 spiro atoms. The van der Waals surface area contributed by atoms with Crippen LogP contribution in [0.5, 0.6) is 0 Å². The summed E-state index contributed by atoms with van der Waals surface area (Å²) in [6, 6.07) is 10.3. The van der Waals surface area contributed by atoms with Crippen LogP contribution in [0.2, 0.25) is 5.02 Å². The Morgan fingerprint density at radius 1 is 1.29 bits per heavy atom. The summed E-state index contributed by atoms with van der Waals surface area (Å²) < 4.78 is 1.49. The molecule has 1 fully saturated rings. The van der Waals surface area contributed by atoms with Crippen LogP contribution in [0.15, 0.2) is 47.4 Å². The molecule has 1 amide bonds. The predicted molar refractivity (Wildman–Crippen MR) is 94.3 cm³/mol. The maximum absolute atomic E-state index is 12.4. The Morgan fingerprint density at radius 2 is 2.04 bits per heavy atom. The second kappa shape index (κ2) is 7.20. The minimum absolute atomic E-state index is 0.00134. The molecule has 0 radical (unpaired) electrons. The average Bonchev–Trinajstić information content (AvgIpc) is 3.41. The Kier molecular flexibility index (Phi) is 5.02. The first-order chi connectivity index (χ1) is 11.6. The molecule has 3 rings (SSSR count). The predicted octanol–water partition coefficient (Wildman–Crippen LogP) is 2.02. The number of nitrogens with zero attached hydrogens (tertiary/aromatic N) is 1. The van der Waals surface area contributed by atoms with Crippen molar-refractivity contribution < 1.29 is 4.79 Å². The third-order valence-corrected chi connectivity index (χ3v) is 4.67. The Labute approximate surface area is 145 Å². The number of aromatic nitrogens is 1.